The van der Waals surface area contributed by atoms with Crippen LogP contribution in [0, 0.1) is 32.1 Å². The number of benzene rings is 1. The van der Waals surface area contributed by atoms with E-state index >= 15 is 0 Å². The maximum Gasteiger partial charge on any atom is 0.269 e. The van der Waals surface area contributed by atoms with Gasteiger partial charge in [-0.3, -0.25) is 9.59 Å². The Hall–Kier alpha value is -2.58. The topological polar surface area (TPSA) is 74.9 Å². The minimum atomic E-state index is -0.456. The smallest absolute Gasteiger partial charge is 0.269 e. The predicted molar refractivity (Wildman–Crippen MR) is 89.7 cm³/mol. The van der Waals surface area contributed by atoms with Gasteiger partial charge in [-0.1, -0.05) is 17.7 Å². The third-order valence-corrected chi connectivity index (χ3v) is 3.83. The van der Waals surface area contributed by atoms with Crippen LogP contribution in [-0.4, -0.2) is 10.5 Å². The summed E-state index contributed by atoms with van der Waals surface area (Å²) in [5, 5.41) is 12.3. The molecule has 0 saturated carbocycles. The summed E-state index contributed by atoms with van der Waals surface area (Å²) in [6, 6.07) is 8.80. The van der Waals surface area contributed by atoms with E-state index < -0.39 is 5.56 Å². The van der Waals surface area contributed by atoms with Crippen LogP contribution in [0.5, 0.6) is 0 Å². The van der Waals surface area contributed by atoms with Gasteiger partial charge in [0.05, 0.1) is 0 Å². The Morgan fingerprint density at radius 3 is 2.61 bits per heavy atom. The maximum absolute atomic E-state index is 12.3. The highest BCUT2D eigenvalue weighted by molar-refractivity contribution is 6.31. The summed E-state index contributed by atoms with van der Waals surface area (Å²) in [4.78, 5) is 24.5. The van der Waals surface area contributed by atoms with E-state index in [9.17, 15) is 9.59 Å². The standard InChI is InChI=1S/C17H16ClN3O2/c1-10-4-5-13(18)7-15(10)20-16(22)9-21-12(3)6-11(2)14(8-19)17(21)23/h4-7H,9H2,1-3H3,(H,20,22). The molecule has 1 N–H and O–H groups in total. The number of nitrogens with one attached hydrogen (secondary N) is 1. The molecule has 1 aromatic heterocycles. The monoisotopic (exact) mass is 329 g/mol. The fourth-order valence-corrected chi connectivity index (χ4v) is 2.49. The third-order valence-electron chi connectivity index (χ3n) is 3.59. The largest absolute Gasteiger partial charge is 0.324 e. The number of carbonyl (C=O) groups excluding carboxylic acids is 1. The summed E-state index contributed by atoms with van der Waals surface area (Å²) in [5.74, 6) is -0.353. The van der Waals surface area contributed by atoms with Crippen LogP contribution >= 0.6 is 11.6 Å². The number of hydrogen-bond donors (Lipinski definition) is 1. The van der Waals surface area contributed by atoms with Gasteiger partial charge < -0.3 is 9.88 Å². The Balaban J connectivity index is 2.30. The van der Waals surface area contributed by atoms with Crippen LogP contribution in [0.2, 0.25) is 5.02 Å². The Morgan fingerprint density at radius 1 is 1.26 bits per heavy atom. The van der Waals surface area contributed by atoms with E-state index in [0.717, 1.165) is 5.56 Å². The second-order valence-corrected chi connectivity index (χ2v) is 5.79. The Labute approximate surface area is 139 Å². The highest BCUT2D eigenvalue weighted by Gasteiger charge is 2.13. The van der Waals surface area contributed by atoms with E-state index in [0.29, 0.717) is 22.0 Å². The normalized spacial score (nSPS) is 10.2. The molecule has 0 aliphatic heterocycles. The number of pyridine rings is 1. The van der Waals surface area contributed by atoms with Crippen molar-refractivity contribution in [2.75, 3.05) is 5.32 Å². The minimum Gasteiger partial charge on any atom is -0.324 e. The molecule has 0 saturated heterocycles. The molecule has 6 heteroatoms. The van der Waals surface area contributed by atoms with E-state index in [-0.39, 0.29) is 18.0 Å². The molecule has 2 rings (SSSR count). The number of halogens is 1. The summed E-state index contributed by atoms with van der Waals surface area (Å²) in [7, 11) is 0. The first kappa shape index (κ1) is 16.8. The molecule has 1 amide bonds. The number of aryl methyl sites for hydroxylation is 3. The SMILES string of the molecule is Cc1ccc(Cl)cc1NC(=O)Cn1c(C)cc(C)c(C#N)c1=O. The highest BCUT2D eigenvalue weighted by atomic mass is 35.5. The van der Waals surface area contributed by atoms with Gasteiger partial charge in [-0.25, -0.2) is 0 Å². The molecule has 0 bridgehead atoms. The second-order valence-electron chi connectivity index (χ2n) is 5.35. The first-order valence-corrected chi connectivity index (χ1v) is 7.38. The van der Waals surface area contributed by atoms with Crippen molar-refractivity contribution in [1.29, 1.82) is 5.26 Å². The van der Waals surface area contributed by atoms with E-state index in [1.165, 1.54) is 4.57 Å². The van der Waals surface area contributed by atoms with Crippen LogP contribution in [-0.2, 0) is 11.3 Å². The Bertz CT molecular complexity index is 879. The van der Waals surface area contributed by atoms with E-state index in [1.54, 1.807) is 38.1 Å². The van der Waals surface area contributed by atoms with Crippen LogP contribution in [0.3, 0.4) is 0 Å². The number of aromatic nitrogens is 1. The number of nitrogens with zero attached hydrogens (tertiary/aromatic N) is 2. The van der Waals surface area contributed by atoms with Crippen molar-refractivity contribution >= 4 is 23.2 Å². The highest BCUT2D eigenvalue weighted by Crippen LogP contribution is 2.20. The van der Waals surface area contributed by atoms with Gasteiger partial charge in [-0.2, -0.15) is 5.26 Å². The zero-order valence-corrected chi connectivity index (χ0v) is 13.9. The number of amides is 1. The average Bonchev–Trinajstić information content (AvgIpc) is 2.47. The molecule has 0 aliphatic rings. The third kappa shape index (κ3) is 3.61. The molecule has 23 heavy (non-hydrogen) atoms. The molecule has 0 unspecified atom stereocenters. The lowest BCUT2D eigenvalue weighted by molar-refractivity contribution is -0.116. The molecule has 0 fully saturated rings. The van der Waals surface area contributed by atoms with Crippen molar-refractivity contribution in [3.8, 4) is 6.07 Å². The van der Waals surface area contributed by atoms with Crippen molar-refractivity contribution in [2.24, 2.45) is 0 Å². The summed E-state index contributed by atoms with van der Waals surface area (Å²) in [6.07, 6.45) is 0. The zero-order chi connectivity index (χ0) is 17.1. The van der Waals surface area contributed by atoms with Gasteiger partial charge in [0.2, 0.25) is 5.91 Å². The molecule has 0 spiro atoms. The van der Waals surface area contributed by atoms with Crippen molar-refractivity contribution in [3.05, 3.63) is 62.0 Å². The van der Waals surface area contributed by atoms with Crippen LogP contribution in [0.1, 0.15) is 22.4 Å². The number of nitriles is 1. The number of carbonyl (C=O) groups is 1. The molecule has 0 atom stereocenters. The molecule has 5 nitrogen and oxygen atoms in total. The van der Waals surface area contributed by atoms with Crippen molar-refractivity contribution in [1.82, 2.24) is 4.57 Å². The van der Waals surface area contributed by atoms with Crippen LogP contribution < -0.4 is 10.9 Å². The summed E-state index contributed by atoms with van der Waals surface area (Å²) in [5.41, 5.74) is 2.31. The molecular formula is C17H16ClN3O2. The van der Waals surface area contributed by atoms with E-state index in [2.05, 4.69) is 5.32 Å². The predicted octanol–water partition coefficient (Wildman–Crippen LogP) is 2.94. The first-order valence-electron chi connectivity index (χ1n) is 7.00. The second kappa shape index (κ2) is 6.67. The minimum absolute atomic E-state index is 0.0577. The molecule has 0 radical (unpaired) electrons. The van der Waals surface area contributed by atoms with Crippen molar-refractivity contribution in [3.63, 3.8) is 0 Å². The van der Waals surface area contributed by atoms with E-state index in [4.69, 9.17) is 16.9 Å². The lowest BCUT2D eigenvalue weighted by Gasteiger charge is -2.13. The number of rotatable bonds is 3. The van der Waals surface area contributed by atoms with Gasteiger partial charge in [0.25, 0.3) is 5.56 Å². The van der Waals surface area contributed by atoms with Gasteiger partial charge in [0, 0.05) is 16.4 Å². The van der Waals surface area contributed by atoms with Gasteiger partial charge in [-0.15, -0.1) is 0 Å². The van der Waals surface area contributed by atoms with Gasteiger partial charge in [-0.05, 0) is 50.1 Å². The average molecular weight is 330 g/mol. The lowest BCUT2D eigenvalue weighted by atomic mass is 10.1. The fourth-order valence-electron chi connectivity index (χ4n) is 2.32. The quantitative estimate of drug-likeness (QED) is 0.940. The lowest BCUT2D eigenvalue weighted by Crippen LogP contribution is -2.31. The number of hydrogen-bond acceptors (Lipinski definition) is 3. The molecule has 2 aromatic rings. The molecular weight excluding hydrogens is 314 g/mol. The molecule has 118 valence electrons. The maximum atomic E-state index is 12.3. The van der Waals surface area contributed by atoms with E-state index in [1.807, 2.05) is 13.0 Å². The van der Waals surface area contributed by atoms with Crippen LogP contribution in [0.4, 0.5) is 5.69 Å². The van der Waals surface area contributed by atoms with Crippen molar-refractivity contribution < 1.29 is 4.79 Å². The van der Waals surface area contributed by atoms with Crippen LogP contribution in [0.15, 0.2) is 29.1 Å². The van der Waals surface area contributed by atoms with Gasteiger partial charge >= 0.3 is 0 Å². The summed E-state index contributed by atoms with van der Waals surface area (Å²) >= 11 is 5.93. The summed E-state index contributed by atoms with van der Waals surface area (Å²) < 4.78 is 1.29. The fraction of sp³-hybridized carbons (Fsp3) is 0.235. The van der Waals surface area contributed by atoms with Gasteiger partial charge in [0.15, 0.2) is 0 Å². The Kier molecular flexibility index (Phi) is 4.87. The van der Waals surface area contributed by atoms with Crippen molar-refractivity contribution in [2.45, 2.75) is 27.3 Å². The molecule has 0 aliphatic carbocycles. The zero-order valence-electron chi connectivity index (χ0n) is 13.1. The van der Waals surface area contributed by atoms with Crippen LogP contribution in [0.25, 0.3) is 0 Å². The molecule has 1 heterocycles. The molecule has 1 aromatic carbocycles. The number of anilines is 1. The Morgan fingerprint density at radius 2 is 1.96 bits per heavy atom. The first-order chi connectivity index (χ1) is 10.8. The van der Waals surface area contributed by atoms with Gasteiger partial charge in [0.1, 0.15) is 18.2 Å². The summed E-state index contributed by atoms with van der Waals surface area (Å²) in [6.45, 7) is 5.12.